The van der Waals surface area contributed by atoms with E-state index < -0.39 is 22.2 Å². The quantitative estimate of drug-likeness (QED) is 0.256. The highest BCUT2D eigenvalue weighted by molar-refractivity contribution is 7.89. The molecule has 234 valence electrons. The molecular weight excluding hydrogens is 582 g/mol. The number of ether oxygens (including phenoxy) is 2. The van der Waals surface area contributed by atoms with E-state index in [-0.39, 0.29) is 29.4 Å². The minimum absolute atomic E-state index is 0.00903. The van der Waals surface area contributed by atoms with Gasteiger partial charge in [-0.2, -0.15) is 4.99 Å². The lowest BCUT2D eigenvalue weighted by Gasteiger charge is -2.28. The maximum absolute atomic E-state index is 13.3. The fourth-order valence-corrected chi connectivity index (χ4v) is 5.66. The van der Waals surface area contributed by atoms with Gasteiger partial charge in [0.1, 0.15) is 17.7 Å². The summed E-state index contributed by atoms with van der Waals surface area (Å²) in [6.07, 6.45) is 0.754. The summed E-state index contributed by atoms with van der Waals surface area (Å²) < 4.78 is 35.2. The Morgan fingerprint density at radius 1 is 1.05 bits per heavy atom. The first-order valence-electron chi connectivity index (χ1n) is 14.5. The highest BCUT2D eigenvalue weighted by Crippen LogP contribution is 2.28. The molecule has 12 heteroatoms. The van der Waals surface area contributed by atoms with E-state index in [2.05, 4.69) is 9.89 Å². The Bertz CT molecular complexity index is 1600. The second-order valence-corrected chi connectivity index (χ2v) is 12.4. The third-order valence-electron chi connectivity index (χ3n) is 7.64. The fraction of sp³-hybridized carbons (Fsp3) is 0.344. The number of primary sulfonamides is 1. The topological polar surface area (TPSA) is 158 Å². The molecule has 0 aliphatic carbocycles. The van der Waals surface area contributed by atoms with Crippen molar-refractivity contribution < 1.29 is 27.5 Å². The molecule has 2 amide bonds. The van der Waals surface area contributed by atoms with Crippen molar-refractivity contribution in [2.24, 2.45) is 15.9 Å². The Balaban J connectivity index is 1.44. The van der Waals surface area contributed by atoms with Crippen molar-refractivity contribution in [2.45, 2.75) is 56.7 Å². The van der Waals surface area contributed by atoms with Gasteiger partial charge in [-0.3, -0.25) is 0 Å². The van der Waals surface area contributed by atoms with Gasteiger partial charge in [-0.05, 0) is 68.6 Å². The minimum atomic E-state index is -3.92. The number of benzene rings is 3. The van der Waals surface area contributed by atoms with Gasteiger partial charge in [0.15, 0.2) is 0 Å². The molecule has 1 unspecified atom stereocenters. The third-order valence-corrected chi connectivity index (χ3v) is 8.61. The number of piperidine rings is 1. The highest BCUT2D eigenvalue weighted by Gasteiger charge is 2.23. The normalized spacial score (nSPS) is 15.4. The van der Waals surface area contributed by atoms with Crippen molar-refractivity contribution in [2.75, 3.05) is 20.1 Å². The lowest BCUT2D eigenvalue weighted by Crippen LogP contribution is -2.39. The van der Waals surface area contributed by atoms with Gasteiger partial charge in [0, 0.05) is 36.8 Å². The van der Waals surface area contributed by atoms with Crippen LogP contribution in [0, 0.1) is 0 Å². The molecule has 0 saturated carbocycles. The van der Waals surface area contributed by atoms with Crippen LogP contribution < -0.4 is 15.6 Å². The summed E-state index contributed by atoms with van der Waals surface area (Å²) in [6, 6.07) is 20.0. The van der Waals surface area contributed by atoms with E-state index in [1.54, 1.807) is 65.6 Å². The van der Waals surface area contributed by atoms with Crippen LogP contribution in [0.25, 0.3) is 11.1 Å². The van der Waals surface area contributed by atoms with E-state index in [4.69, 9.17) is 20.3 Å². The van der Waals surface area contributed by atoms with Crippen LogP contribution in [-0.4, -0.2) is 68.5 Å². The molecule has 3 aromatic carbocycles. The first kappa shape index (κ1) is 32.6. The lowest BCUT2D eigenvalue weighted by molar-refractivity contribution is 0.0636. The zero-order chi connectivity index (χ0) is 31.9. The van der Waals surface area contributed by atoms with Crippen molar-refractivity contribution >= 4 is 28.0 Å². The fourth-order valence-electron chi connectivity index (χ4n) is 4.90. The molecule has 3 aromatic rings. The van der Waals surface area contributed by atoms with Gasteiger partial charge in [-0.25, -0.2) is 23.1 Å². The molecule has 4 N–H and O–H groups in total. The number of carbonyl (C=O) groups is 2. The molecule has 1 atom stereocenters. The maximum Gasteiger partial charge on any atom is 0.435 e. The Kier molecular flexibility index (Phi) is 10.7. The molecule has 0 spiro atoms. The summed E-state index contributed by atoms with van der Waals surface area (Å²) in [5.41, 5.74) is 8.53. The summed E-state index contributed by atoms with van der Waals surface area (Å²) in [7, 11) is -1.89. The van der Waals surface area contributed by atoms with Gasteiger partial charge in [-0.15, -0.1) is 0 Å². The van der Waals surface area contributed by atoms with Crippen LogP contribution in [0.5, 0.6) is 5.75 Å². The number of nitrogens with two attached hydrogens (primary N) is 2. The number of hydrogen-bond acceptors (Lipinski definition) is 7. The Morgan fingerprint density at radius 2 is 1.73 bits per heavy atom. The number of aliphatic imine (C=N–C) groups is 1. The third kappa shape index (κ3) is 8.65. The van der Waals surface area contributed by atoms with E-state index in [0.29, 0.717) is 28.9 Å². The molecule has 44 heavy (non-hydrogen) atoms. The van der Waals surface area contributed by atoms with Crippen LogP contribution >= 0.6 is 0 Å². The molecular formula is C32H39N5O6S. The summed E-state index contributed by atoms with van der Waals surface area (Å²) >= 11 is 0. The molecule has 0 aromatic heterocycles. The van der Waals surface area contributed by atoms with Gasteiger partial charge in [0.25, 0.3) is 0 Å². The summed E-state index contributed by atoms with van der Waals surface area (Å²) in [6.45, 7) is 5.84. The number of sulfonamides is 1. The van der Waals surface area contributed by atoms with Gasteiger partial charge in [0.05, 0.1) is 4.90 Å². The first-order valence-corrected chi connectivity index (χ1v) is 16.0. The van der Waals surface area contributed by atoms with E-state index >= 15 is 0 Å². The van der Waals surface area contributed by atoms with Gasteiger partial charge in [0.2, 0.25) is 10.0 Å². The number of carbonyl (C=O) groups excluding carboxylic acids is 2. The van der Waals surface area contributed by atoms with Crippen LogP contribution in [0.1, 0.15) is 44.2 Å². The average Bonchev–Trinajstić information content (AvgIpc) is 3.00. The highest BCUT2D eigenvalue weighted by atomic mass is 32.2. The minimum Gasteiger partial charge on any atom is -0.444 e. The van der Waals surface area contributed by atoms with E-state index in [1.807, 2.05) is 27.0 Å². The van der Waals surface area contributed by atoms with Gasteiger partial charge < -0.3 is 25.0 Å². The zero-order valence-electron chi connectivity index (χ0n) is 25.2. The van der Waals surface area contributed by atoms with Crippen molar-refractivity contribution in [3.05, 3.63) is 83.9 Å². The molecule has 11 nitrogen and oxygen atoms in total. The lowest BCUT2D eigenvalue weighted by atomic mass is 10.1. The molecule has 1 fully saturated rings. The predicted octanol–water partition coefficient (Wildman–Crippen LogP) is 4.74. The Hall–Kier alpha value is -4.26. The van der Waals surface area contributed by atoms with Crippen LogP contribution in [0.15, 0.2) is 82.7 Å². The first-order chi connectivity index (χ1) is 20.9. The molecule has 1 aliphatic heterocycles. The van der Waals surface area contributed by atoms with Crippen LogP contribution in [0.2, 0.25) is 0 Å². The number of amides is 2. The SMILES string of the molecule is CCC(C)N(Cc1cccc(C(N)=NC(=O)OC2CCN(C)CC2)c1)C(=O)Oc1ccc(-c2ccccc2S(N)(=O)=O)cc1. The summed E-state index contributed by atoms with van der Waals surface area (Å²) in [5, 5.41) is 5.38. The number of amidine groups is 1. The molecule has 1 saturated heterocycles. The molecule has 0 radical (unpaired) electrons. The van der Waals surface area contributed by atoms with Crippen LogP contribution in [0.4, 0.5) is 9.59 Å². The smallest absolute Gasteiger partial charge is 0.435 e. The van der Waals surface area contributed by atoms with Crippen molar-refractivity contribution in [3.8, 4) is 16.9 Å². The maximum atomic E-state index is 13.3. The second-order valence-electron chi connectivity index (χ2n) is 10.9. The molecule has 4 rings (SSSR count). The Labute approximate surface area is 258 Å². The van der Waals surface area contributed by atoms with Crippen LogP contribution in [-0.2, 0) is 21.3 Å². The van der Waals surface area contributed by atoms with Crippen molar-refractivity contribution in [3.63, 3.8) is 0 Å². The van der Waals surface area contributed by atoms with Gasteiger partial charge in [-0.1, -0.05) is 55.5 Å². The molecule has 0 bridgehead atoms. The van der Waals surface area contributed by atoms with E-state index in [0.717, 1.165) is 31.5 Å². The van der Waals surface area contributed by atoms with Crippen LogP contribution in [0.3, 0.4) is 0 Å². The summed E-state index contributed by atoms with van der Waals surface area (Å²) in [5.74, 6) is 0.333. The zero-order valence-corrected chi connectivity index (χ0v) is 26.0. The monoisotopic (exact) mass is 621 g/mol. The van der Waals surface area contributed by atoms with E-state index in [1.165, 1.54) is 6.07 Å². The van der Waals surface area contributed by atoms with E-state index in [9.17, 15) is 18.0 Å². The summed E-state index contributed by atoms with van der Waals surface area (Å²) in [4.78, 5) is 33.5. The van der Waals surface area contributed by atoms with Gasteiger partial charge >= 0.3 is 12.2 Å². The number of hydrogen-bond donors (Lipinski definition) is 2. The second kappa shape index (κ2) is 14.5. The Morgan fingerprint density at radius 3 is 2.39 bits per heavy atom. The number of nitrogens with zero attached hydrogens (tertiary/aromatic N) is 3. The number of rotatable bonds is 9. The molecule has 1 aliphatic rings. The predicted molar refractivity (Wildman–Crippen MR) is 169 cm³/mol. The molecule has 1 heterocycles. The number of likely N-dealkylation sites (tertiary alicyclic amines) is 1. The average molecular weight is 622 g/mol. The van der Waals surface area contributed by atoms with Crippen molar-refractivity contribution in [1.29, 1.82) is 0 Å². The standard InChI is InChI=1S/C32H39N5O6S/c1-4-22(2)37(32(39)43-26-14-12-24(13-15-26)28-10-5-6-11-29(28)44(34,40)41)21-23-8-7-9-25(20-23)30(33)35-31(38)42-27-16-18-36(3)19-17-27/h5-15,20,22,27H,4,16-19,21H2,1-3H3,(H2,33,35,38)(H2,34,40,41). The largest absolute Gasteiger partial charge is 0.444 e. The van der Waals surface area contributed by atoms with Crippen molar-refractivity contribution in [1.82, 2.24) is 9.80 Å².